The maximum atomic E-state index is 12.5. The second-order valence-corrected chi connectivity index (χ2v) is 9.27. The second kappa shape index (κ2) is 9.52. The Bertz CT molecular complexity index is 741. The third-order valence-corrected chi connectivity index (χ3v) is 6.14. The monoisotopic (exact) mass is 397 g/mol. The molecule has 0 aliphatic carbocycles. The average molecular weight is 398 g/mol. The summed E-state index contributed by atoms with van der Waals surface area (Å²) in [5, 5.41) is 2.59. The number of anilines is 1. The lowest BCUT2D eigenvalue weighted by atomic mass is 9.92. The summed E-state index contributed by atoms with van der Waals surface area (Å²) in [6.07, 6.45) is 2.02. The number of hydrogen-bond donors (Lipinski definition) is 2. The number of nitrogens with one attached hydrogen (secondary N) is 2. The Hall–Kier alpha value is -1.64. The Morgan fingerprint density at radius 2 is 1.93 bits per heavy atom. The van der Waals surface area contributed by atoms with Crippen LogP contribution in [0.3, 0.4) is 0 Å². The fourth-order valence-corrected chi connectivity index (χ4v) is 4.81. The molecule has 1 saturated heterocycles. The second-order valence-electron chi connectivity index (χ2n) is 7.50. The number of piperidine rings is 1. The summed E-state index contributed by atoms with van der Waals surface area (Å²) in [7, 11) is -2.18. The highest BCUT2D eigenvalue weighted by molar-refractivity contribution is 7.89. The normalized spacial score (nSPS) is 21.0. The average Bonchev–Trinajstić information content (AvgIpc) is 2.57. The minimum atomic E-state index is -3.64. The van der Waals surface area contributed by atoms with Gasteiger partial charge in [0.05, 0.1) is 17.7 Å². The van der Waals surface area contributed by atoms with Gasteiger partial charge in [0.15, 0.2) is 0 Å². The van der Waals surface area contributed by atoms with Crippen LogP contribution in [-0.2, 0) is 14.8 Å². The topological polar surface area (TPSA) is 87.7 Å². The lowest BCUT2D eigenvalue weighted by Crippen LogP contribution is -2.40. The van der Waals surface area contributed by atoms with Crippen molar-refractivity contribution in [2.45, 2.75) is 38.5 Å². The van der Waals surface area contributed by atoms with Crippen molar-refractivity contribution in [2.24, 2.45) is 11.8 Å². The van der Waals surface area contributed by atoms with Crippen molar-refractivity contribution in [3.05, 3.63) is 18.2 Å². The molecule has 1 aromatic carbocycles. The molecule has 152 valence electrons. The summed E-state index contributed by atoms with van der Waals surface area (Å²) in [6.45, 7) is 9.32. The van der Waals surface area contributed by atoms with E-state index in [4.69, 9.17) is 4.74 Å². The Kier molecular flexibility index (Phi) is 7.64. The van der Waals surface area contributed by atoms with Gasteiger partial charge in [-0.2, -0.15) is 0 Å². The number of hydrogen-bond acceptors (Lipinski definition) is 5. The lowest BCUT2D eigenvalue weighted by molar-refractivity contribution is -0.114. The quantitative estimate of drug-likeness (QED) is 0.657. The summed E-state index contributed by atoms with van der Waals surface area (Å²) < 4.78 is 32.9. The van der Waals surface area contributed by atoms with Crippen molar-refractivity contribution in [3.63, 3.8) is 0 Å². The van der Waals surface area contributed by atoms with E-state index in [1.807, 2.05) is 0 Å². The highest BCUT2D eigenvalue weighted by atomic mass is 32.2. The minimum absolute atomic E-state index is 0.104. The first kappa shape index (κ1) is 21.7. The zero-order chi connectivity index (χ0) is 20.0. The van der Waals surface area contributed by atoms with Gasteiger partial charge in [0, 0.05) is 26.6 Å². The standard InChI is InChI=1S/C19H31N3O4S/c1-14-10-15(2)13-22(12-14)9-5-8-20-27(24,25)17-6-7-19(26-4)18(11-17)21-16(3)23/h6-7,11,14-15,20H,5,8-10,12-13H2,1-4H3,(H,21,23)/t14-,15-/m1/s1. The zero-order valence-corrected chi connectivity index (χ0v) is 17.4. The molecule has 2 rings (SSSR count). The summed E-state index contributed by atoms with van der Waals surface area (Å²) in [5.74, 6) is 1.51. The van der Waals surface area contributed by atoms with Crippen LogP contribution < -0.4 is 14.8 Å². The number of nitrogens with zero attached hydrogens (tertiary/aromatic N) is 1. The molecular formula is C19H31N3O4S. The third kappa shape index (κ3) is 6.48. The van der Waals surface area contributed by atoms with Crippen molar-refractivity contribution < 1.29 is 17.9 Å². The van der Waals surface area contributed by atoms with Gasteiger partial charge >= 0.3 is 0 Å². The van der Waals surface area contributed by atoms with Gasteiger partial charge in [-0.1, -0.05) is 13.8 Å². The Labute approximate surface area is 162 Å². The zero-order valence-electron chi connectivity index (χ0n) is 16.6. The lowest BCUT2D eigenvalue weighted by Gasteiger charge is -2.34. The predicted molar refractivity (Wildman–Crippen MR) is 106 cm³/mol. The molecular weight excluding hydrogens is 366 g/mol. The molecule has 0 radical (unpaired) electrons. The molecule has 0 bridgehead atoms. The van der Waals surface area contributed by atoms with E-state index in [-0.39, 0.29) is 10.8 Å². The van der Waals surface area contributed by atoms with Crippen LogP contribution in [0.25, 0.3) is 0 Å². The van der Waals surface area contributed by atoms with Gasteiger partial charge < -0.3 is 15.0 Å². The first-order valence-corrected chi connectivity index (χ1v) is 10.9. The van der Waals surface area contributed by atoms with Crippen molar-refractivity contribution >= 4 is 21.6 Å². The maximum absolute atomic E-state index is 12.5. The summed E-state index contributed by atoms with van der Waals surface area (Å²) in [6, 6.07) is 4.42. The highest BCUT2D eigenvalue weighted by Crippen LogP contribution is 2.27. The number of sulfonamides is 1. The number of ether oxygens (including phenoxy) is 1. The van der Waals surface area contributed by atoms with Crippen LogP contribution in [0.5, 0.6) is 5.75 Å². The number of carbonyl (C=O) groups is 1. The van der Waals surface area contributed by atoms with E-state index >= 15 is 0 Å². The van der Waals surface area contributed by atoms with E-state index in [2.05, 4.69) is 28.8 Å². The van der Waals surface area contributed by atoms with Crippen LogP contribution in [0.4, 0.5) is 5.69 Å². The first-order valence-electron chi connectivity index (χ1n) is 9.39. The molecule has 1 heterocycles. The molecule has 0 aromatic heterocycles. The van der Waals surface area contributed by atoms with Crippen LogP contribution in [0.2, 0.25) is 0 Å². The number of carbonyl (C=O) groups excluding carboxylic acids is 1. The highest BCUT2D eigenvalue weighted by Gasteiger charge is 2.21. The fraction of sp³-hybridized carbons (Fsp3) is 0.632. The van der Waals surface area contributed by atoms with Crippen LogP contribution >= 0.6 is 0 Å². The van der Waals surface area contributed by atoms with E-state index in [9.17, 15) is 13.2 Å². The molecule has 1 fully saturated rings. The molecule has 27 heavy (non-hydrogen) atoms. The SMILES string of the molecule is COc1ccc(S(=O)(=O)NCCCN2C[C@H](C)C[C@@H](C)C2)cc1NC(C)=O. The minimum Gasteiger partial charge on any atom is -0.495 e. The smallest absolute Gasteiger partial charge is 0.240 e. The first-order chi connectivity index (χ1) is 12.7. The molecule has 2 N–H and O–H groups in total. The van der Waals surface area contributed by atoms with Gasteiger partial charge in [-0.3, -0.25) is 4.79 Å². The number of benzene rings is 1. The fourth-order valence-electron chi connectivity index (χ4n) is 3.71. The van der Waals surface area contributed by atoms with Crippen molar-refractivity contribution in [1.82, 2.24) is 9.62 Å². The van der Waals surface area contributed by atoms with Crippen molar-refractivity contribution in [2.75, 3.05) is 38.6 Å². The summed E-state index contributed by atoms with van der Waals surface area (Å²) in [4.78, 5) is 13.8. The number of amides is 1. The predicted octanol–water partition coefficient (Wildman–Crippen LogP) is 2.30. The van der Waals surface area contributed by atoms with Crippen molar-refractivity contribution in [1.29, 1.82) is 0 Å². The van der Waals surface area contributed by atoms with E-state index in [0.717, 1.165) is 26.1 Å². The summed E-state index contributed by atoms with van der Waals surface area (Å²) >= 11 is 0. The summed E-state index contributed by atoms with van der Waals surface area (Å²) in [5.41, 5.74) is 0.337. The molecule has 1 aliphatic rings. The molecule has 1 aliphatic heterocycles. The molecule has 1 aromatic rings. The van der Waals surface area contributed by atoms with Gasteiger partial charge in [0.2, 0.25) is 15.9 Å². The maximum Gasteiger partial charge on any atom is 0.240 e. The molecule has 2 atom stereocenters. The van der Waals surface area contributed by atoms with E-state index in [1.54, 1.807) is 0 Å². The van der Waals surface area contributed by atoms with Gasteiger partial charge in [-0.25, -0.2) is 13.1 Å². The van der Waals surface area contributed by atoms with Gasteiger partial charge in [-0.15, -0.1) is 0 Å². The van der Waals surface area contributed by atoms with Crippen LogP contribution in [-0.4, -0.2) is 52.5 Å². The Balaban J connectivity index is 1.93. The van der Waals surface area contributed by atoms with E-state index in [0.29, 0.717) is 29.8 Å². The number of methoxy groups -OCH3 is 1. The largest absolute Gasteiger partial charge is 0.495 e. The molecule has 1 amide bonds. The molecule has 0 saturated carbocycles. The number of likely N-dealkylation sites (tertiary alicyclic amines) is 1. The van der Waals surface area contributed by atoms with Gasteiger partial charge in [0.1, 0.15) is 5.75 Å². The van der Waals surface area contributed by atoms with Crippen LogP contribution in [0, 0.1) is 11.8 Å². The molecule has 7 nitrogen and oxygen atoms in total. The number of rotatable bonds is 8. The van der Waals surface area contributed by atoms with E-state index < -0.39 is 10.0 Å². The van der Waals surface area contributed by atoms with E-state index in [1.165, 1.54) is 38.7 Å². The van der Waals surface area contributed by atoms with Gasteiger partial charge in [0.25, 0.3) is 0 Å². The third-order valence-electron chi connectivity index (χ3n) is 4.68. The van der Waals surface area contributed by atoms with Crippen LogP contribution in [0.1, 0.15) is 33.6 Å². The molecule has 8 heteroatoms. The van der Waals surface area contributed by atoms with Crippen molar-refractivity contribution in [3.8, 4) is 5.75 Å². The van der Waals surface area contributed by atoms with Gasteiger partial charge in [-0.05, 0) is 49.4 Å². The Morgan fingerprint density at radius 1 is 1.26 bits per heavy atom. The Morgan fingerprint density at radius 3 is 2.52 bits per heavy atom. The molecule has 0 unspecified atom stereocenters. The molecule has 0 spiro atoms. The van der Waals surface area contributed by atoms with Crippen LogP contribution in [0.15, 0.2) is 23.1 Å².